The normalized spacial score (nSPS) is 18.9. The molecule has 1 fully saturated rings. The van der Waals surface area contributed by atoms with Crippen LogP contribution >= 0.6 is 11.3 Å². The summed E-state index contributed by atoms with van der Waals surface area (Å²) in [4.78, 5) is 29.8. The van der Waals surface area contributed by atoms with E-state index >= 15 is 0 Å². The zero-order chi connectivity index (χ0) is 15.8. The molecule has 0 aliphatic carbocycles. The monoisotopic (exact) mass is 312 g/mol. The molecule has 0 saturated carbocycles. The molecule has 21 heavy (non-hydrogen) atoms. The molecule has 6 nitrogen and oxygen atoms in total. The molecule has 1 unspecified atom stereocenters. The van der Waals surface area contributed by atoms with Crippen molar-refractivity contribution in [1.29, 1.82) is 0 Å². The number of carbonyl (C=O) groups excluding carboxylic acids is 1. The molecule has 2 heterocycles. The Balaban J connectivity index is 2.21. The van der Waals surface area contributed by atoms with Crippen LogP contribution in [-0.2, 0) is 4.74 Å². The van der Waals surface area contributed by atoms with Crippen LogP contribution in [0.25, 0.3) is 0 Å². The minimum absolute atomic E-state index is 0.0750. The minimum Gasteiger partial charge on any atom is -0.476 e. The Morgan fingerprint density at radius 2 is 2.10 bits per heavy atom. The average molecular weight is 312 g/mol. The zero-order valence-corrected chi connectivity index (χ0v) is 13.5. The highest BCUT2D eigenvalue weighted by atomic mass is 32.1. The van der Waals surface area contributed by atoms with E-state index in [2.05, 4.69) is 4.98 Å². The van der Waals surface area contributed by atoms with E-state index in [4.69, 9.17) is 9.84 Å². The van der Waals surface area contributed by atoms with Gasteiger partial charge < -0.3 is 9.84 Å². The summed E-state index contributed by atoms with van der Waals surface area (Å²) in [5, 5.41) is 9.76. The molecule has 1 atom stereocenters. The first-order valence-corrected chi connectivity index (χ1v) is 7.71. The molecule has 0 spiro atoms. The van der Waals surface area contributed by atoms with Crippen LogP contribution < -0.4 is 0 Å². The van der Waals surface area contributed by atoms with Crippen molar-refractivity contribution < 1.29 is 19.4 Å². The number of rotatable bonds is 2. The van der Waals surface area contributed by atoms with Crippen molar-refractivity contribution in [3.8, 4) is 0 Å². The van der Waals surface area contributed by atoms with Gasteiger partial charge in [-0.2, -0.15) is 0 Å². The van der Waals surface area contributed by atoms with E-state index in [0.29, 0.717) is 16.4 Å². The van der Waals surface area contributed by atoms with Crippen molar-refractivity contribution in [2.24, 2.45) is 0 Å². The maximum absolute atomic E-state index is 12.2. The Labute approximate surface area is 127 Å². The Kier molecular flexibility index (Phi) is 4.22. The third-order valence-electron chi connectivity index (χ3n) is 3.18. The lowest BCUT2D eigenvalue weighted by atomic mass is 10.2. The largest absolute Gasteiger partial charge is 0.476 e. The van der Waals surface area contributed by atoms with Crippen LogP contribution in [0.4, 0.5) is 4.79 Å². The molecule has 1 aromatic rings. The Morgan fingerprint density at radius 1 is 1.43 bits per heavy atom. The van der Waals surface area contributed by atoms with E-state index < -0.39 is 11.6 Å². The maximum atomic E-state index is 12.2. The van der Waals surface area contributed by atoms with E-state index in [9.17, 15) is 9.59 Å². The Hall–Kier alpha value is -1.63. The predicted octanol–water partition coefficient (Wildman–Crippen LogP) is 3.22. The molecule has 1 N–H and O–H groups in total. The summed E-state index contributed by atoms with van der Waals surface area (Å²) in [6.45, 7) is 7.82. The smallest absolute Gasteiger partial charge is 0.410 e. The number of ether oxygens (including phenoxy) is 1. The summed E-state index contributed by atoms with van der Waals surface area (Å²) in [5.74, 6) is -1.03. The van der Waals surface area contributed by atoms with Gasteiger partial charge >= 0.3 is 12.1 Å². The number of carbonyl (C=O) groups is 2. The average Bonchev–Trinajstić information content (AvgIpc) is 2.91. The summed E-state index contributed by atoms with van der Waals surface area (Å²) in [7, 11) is 0. The van der Waals surface area contributed by atoms with E-state index in [1.165, 1.54) is 11.3 Å². The van der Waals surface area contributed by atoms with Crippen molar-refractivity contribution in [3.63, 3.8) is 0 Å². The van der Waals surface area contributed by atoms with Gasteiger partial charge in [-0.1, -0.05) is 0 Å². The van der Waals surface area contributed by atoms with Gasteiger partial charge in [-0.25, -0.2) is 14.6 Å². The number of nitrogens with zero attached hydrogens (tertiary/aromatic N) is 2. The van der Waals surface area contributed by atoms with Gasteiger partial charge in [0.15, 0.2) is 5.69 Å². The number of thiazole rings is 1. The number of aryl methyl sites for hydroxylation is 1. The molecule has 0 bridgehead atoms. The van der Waals surface area contributed by atoms with Crippen LogP contribution in [0.1, 0.15) is 60.0 Å². The zero-order valence-electron chi connectivity index (χ0n) is 12.7. The second-order valence-electron chi connectivity index (χ2n) is 6.09. The highest BCUT2D eigenvalue weighted by molar-refractivity contribution is 7.12. The summed E-state index contributed by atoms with van der Waals surface area (Å²) < 4.78 is 5.41. The van der Waals surface area contributed by atoms with E-state index in [1.54, 1.807) is 11.8 Å². The van der Waals surface area contributed by atoms with Gasteiger partial charge in [-0.3, -0.25) is 4.90 Å². The second-order valence-corrected chi connectivity index (χ2v) is 7.33. The van der Waals surface area contributed by atoms with Crippen molar-refractivity contribution >= 4 is 23.4 Å². The predicted molar refractivity (Wildman–Crippen MR) is 78.7 cm³/mol. The molecule has 1 aliphatic rings. The van der Waals surface area contributed by atoms with E-state index in [0.717, 1.165) is 12.8 Å². The van der Waals surface area contributed by atoms with Gasteiger partial charge in [0.25, 0.3) is 0 Å². The van der Waals surface area contributed by atoms with Crippen molar-refractivity contribution in [3.05, 3.63) is 15.6 Å². The summed E-state index contributed by atoms with van der Waals surface area (Å²) in [6.07, 6.45) is 1.28. The number of carboxylic acid groups (broad SMARTS) is 1. The molecule has 1 amide bonds. The maximum Gasteiger partial charge on any atom is 0.410 e. The van der Waals surface area contributed by atoms with Gasteiger partial charge in [-0.15, -0.1) is 11.3 Å². The number of hydrogen-bond donors (Lipinski definition) is 1. The quantitative estimate of drug-likeness (QED) is 0.907. The lowest BCUT2D eigenvalue weighted by Gasteiger charge is -2.27. The Morgan fingerprint density at radius 3 is 2.62 bits per heavy atom. The second kappa shape index (κ2) is 5.63. The van der Waals surface area contributed by atoms with Crippen LogP contribution in [0.5, 0.6) is 0 Å². The van der Waals surface area contributed by atoms with Crippen LogP contribution in [0.3, 0.4) is 0 Å². The number of likely N-dealkylation sites (tertiary alicyclic amines) is 1. The van der Waals surface area contributed by atoms with Gasteiger partial charge in [0.05, 0.1) is 6.04 Å². The van der Waals surface area contributed by atoms with E-state index in [-0.39, 0.29) is 17.8 Å². The lowest BCUT2D eigenvalue weighted by Crippen LogP contribution is -2.36. The first-order chi connectivity index (χ1) is 9.69. The summed E-state index contributed by atoms with van der Waals surface area (Å²) in [6, 6.07) is -0.184. The molecule has 0 radical (unpaired) electrons. The van der Waals surface area contributed by atoms with Crippen molar-refractivity contribution in [1.82, 2.24) is 9.88 Å². The fourth-order valence-corrected chi connectivity index (χ4v) is 3.38. The molecule has 1 aromatic heterocycles. The lowest BCUT2D eigenvalue weighted by molar-refractivity contribution is 0.0224. The van der Waals surface area contributed by atoms with Crippen LogP contribution in [0, 0.1) is 6.92 Å². The van der Waals surface area contributed by atoms with Crippen LogP contribution in [0.15, 0.2) is 0 Å². The van der Waals surface area contributed by atoms with Gasteiger partial charge in [0.1, 0.15) is 10.6 Å². The number of hydrogen-bond acceptors (Lipinski definition) is 5. The highest BCUT2D eigenvalue weighted by Crippen LogP contribution is 2.36. The van der Waals surface area contributed by atoms with Gasteiger partial charge in [-0.05, 0) is 40.5 Å². The fraction of sp³-hybridized carbons (Fsp3) is 0.643. The molecule has 2 rings (SSSR count). The third-order valence-corrected chi connectivity index (χ3v) is 4.25. The molecule has 116 valence electrons. The third kappa shape index (κ3) is 3.53. The molecular formula is C14H20N2O4S. The first-order valence-electron chi connectivity index (χ1n) is 6.89. The SMILES string of the molecule is Cc1sc(C2CCCN2C(=O)OC(C)(C)C)nc1C(=O)O. The standard InChI is InChI=1S/C14H20N2O4S/c1-8-10(12(17)18)15-11(21-8)9-6-5-7-16(9)13(19)20-14(2,3)4/h9H,5-7H2,1-4H3,(H,17,18). The van der Waals surface area contributed by atoms with Crippen LogP contribution in [0.2, 0.25) is 0 Å². The molecule has 1 aliphatic heterocycles. The topological polar surface area (TPSA) is 79.7 Å². The molecule has 7 heteroatoms. The number of aromatic carboxylic acids is 1. The number of aromatic nitrogens is 1. The van der Waals surface area contributed by atoms with Crippen molar-refractivity contribution in [2.75, 3.05) is 6.54 Å². The molecule has 0 aromatic carbocycles. The molecular weight excluding hydrogens is 292 g/mol. The van der Waals surface area contributed by atoms with Gasteiger partial charge in [0, 0.05) is 11.4 Å². The fourth-order valence-electron chi connectivity index (χ4n) is 2.32. The van der Waals surface area contributed by atoms with Gasteiger partial charge in [0.2, 0.25) is 0 Å². The first kappa shape index (κ1) is 15.8. The van der Waals surface area contributed by atoms with E-state index in [1.807, 2.05) is 20.8 Å². The van der Waals surface area contributed by atoms with Crippen molar-refractivity contribution in [2.45, 2.75) is 52.2 Å². The Bertz CT molecular complexity index is 562. The summed E-state index contributed by atoms with van der Waals surface area (Å²) in [5.41, 5.74) is -0.471. The minimum atomic E-state index is -1.03. The number of carboxylic acids is 1. The van der Waals surface area contributed by atoms with Crippen LogP contribution in [-0.4, -0.2) is 39.2 Å². The summed E-state index contributed by atoms with van der Waals surface area (Å²) >= 11 is 1.34. The number of amides is 1. The molecule has 1 saturated heterocycles. The highest BCUT2D eigenvalue weighted by Gasteiger charge is 2.35.